The number of hydrogen-bond acceptors (Lipinski definition) is 2. The van der Waals surface area contributed by atoms with Gasteiger partial charge in [0.1, 0.15) is 5.75 Å². The van der Waals surface area contributed by atoms with Gasteiger partial charge in [-0.2, -0.15) is 0 Å². The average molecular weight is 147 g/mol. The normalized spacial score (nSPS) is 15.5. The first-order chi connectivity index (χ1) is 5.38. The van der Waals surface area contributed by atoms with Crippen LogP contribution in [0.4, 0.5) is 0 Å². The van der Waals surface area contributed by atoms with Crippen molar-refractivity contribution in [2.24, 2.45) is 0 Å². The van der Waals surface area contributed by atoms with Crippen LogP contribution in [0.3, 0.4) is 0 Å². The number of carbonyl (C=O) groups excluding carboxylic acids is 1. The molecule has 0 bridgehead atoms. The van der Waals surface area contributed by atoms with Crippen LogP contribution in [0.15, 0.2) is 18.2 Å². The summed E-state index contributed by atoms with van der Waals surface area (Å²) in [5.74, 6) is 0.837. The van der Waals surface area contributed by atoms with E-state index in [1.807, 2.05) is 0 Å². The number of fused-ring (bicyclic) bond motifs is 1. The van der Waals surface area contributed by atoms with E-state index in [4.69, 9.17) is 4.74 Å². The Morgan fingerprint density at radius 2 is 2.45 bits per heavy atom. The maximum Gasteiger partial charge on any atom is 0.169 e. The molecule has 0 saturated heterocycles. The second kappa shape index (κ2) is 2.38. The maximum atomic E-state index is 11.2. The minimum absolute atomic E-state index is 0.167. The summed E-state index contributed by atoms with van der Waals surface area (Å²) in [6, 6.07) is 8.04. The van der Waals surface area contributed by atoms with Crippen molar-refractivity contribution in [1.29, 1.82) is 0 Å². The van der Waals surface area contributed by atoms with Gasteiger partial charge >= 0.3 is 0 Å². The summed E-state index contributed by atoms with van der Waals surface area (Å²) in [7, 11) is 0. The highest BCUT2D eigenvalue weighted by atomic mass is 16.5. The van der Waals surface area contributed by atoms with E-state index >= 15 is 0 Å². The van der Waals surface area contributed by atoms with E-state index in [1.54, 1.807) is 18.2 Å². The molecule has 1 radical (unpaired) electrons. The van der Waals surface area contributed by atoms with Crippen molar-refractivity contribution in [1.82, 2.24) is 0 Å². The van der Waals surface area contributed by atoms with Gasteiger partial charge in [-0.3, -0.25) is 4.79 Å². The number of carbonyl (C=O) groups is 1. The third-order valence-electron chi connectivity index (χ3n) is 1.71. The van der Waals surface area contributed by atoms with E-state index in [0.717, 1.165) is 0 Å². The van der Waals surface area contributed by atoms with Crippen molar-refractivity contribution in [2.75, 3.05) is 6.61 Å². The summed E-state index contributed by atoms with van der Waals surface area (Å²) in [5, 5.41) is 0. The molecule has 0 N–H and O–H groups in total. The smallest absolute Gasteiger partial charge is 0.169 e. The zero-order valence-corrected chi connectivity index (χ0v) is 5.96. The molecule has 0 amide bonds. The van der Waals surface area contributed by atoms with Gasteiger partial charge in [-0.25, -0.2) is 0 Å². The van der Waals surface area contributed by atoms with E-state index in [9.17, 15) is 4.79 Å². The molecule has 0 unspecified atom stereocenters. The van der Waals surface area contributed by atoms with Gasteiger partial charge in [-0.15, -0.1) is 0 Å². The van der Waals surface area contributed by atoms with Crippen LogP contribution in [0.2, 0.25) is 0 Å². The fraction of sp³-hybridized carbons (Fsp3) is 0.222. The summed E-state index contributed by atoms with van der Waals surface area (Å²) < 4.78 is 5.24. The van der Waals surface area contributed by atoms with Gasteiger partial charge in [0, 0.05) is 6.42 Å². The average Bonchev–Trinajstić information content (AvgIpc) is 2.06. The molecule has 55 valence electrons. The molecule has 2 nitrogen and oxygen atoms in total. The quantitative estimate of drug-likeness (QED) is 0.555. The number of ketones is 1. The Morgan fingerprint density at radius 3 is 3.27 bits per heavy atom. The van der Waals surface area contributed by atoms with Crippen LogP contribution in [-0.4, -0.2) is 12.4 Å². The van der Waals surface area contributed by atoms with Gasteiger partial charge in [0.15, 0.2) is 5.78 Å². The highest BCUT2D eigenvalue weighted by Gasteiger charge is 2.16. The van der Waals surface area contributed by atoms with Crippen molar-refractivity contribution < 1.29 is 9.53 Å². The lowest BCUT2D eigenvalue weighted by atomic mass is 10.1. The van der Waals surface area contributed by atoms with Crippen molar-refractivity contribution in [3.05, 3.63) is 29.8 Å². The van der Waals surface area contributed by atoms with Gasteiger partial charge in [0.25, 0.3) is 0 Å². The third kappa shape index (κ3) is 1.00. The molecule has 1 aromatic rings. The Balaban J connectivity index is 2.52. The largest absolute Gasteiger partial charge is 0.492 e. The Morgan fingerprint density at radius 1 is 1.55 bits per heavy atom. The molecular weight excluding hydrogens is 140 g/mol. The van der Waals surface area contributed by atoms with E-state index in [1.165, 1.54) is 0 Å². The molecule has 0 saturated carbocycles. The molecule has 0 aliphatic carbocycles. The third-order valence-corrected chi connectivity index (χ3v) is 1.71. The summed E-state index contributed by atoms with van der Waals surface area (Å²) in [6.45, 7) is 0.504. The summed E-state index contributed by atoms with van der Waals surface area (Å²) in [5.41, 5.74) is 0.690. The van der Waals surface area contributed by atoms with Crippen LogP contribution < -0.4 is 4.74 Å². The van der Waals surface area contributed by atoms with Gasteiger partial charge in [-0.05, 0) is 18.2 Å². The number of rotatable bonds is 0. The number of ether oxygens (including phenoxy) is 1. The molecule has 0 atom stereocenters. The molecule has 0 fully saturated rings. The molecule has 0 spiro atoms. The first-order valence-corrected chi connectivity index (χ1v) is 3.54. The topological polar surface area (TPSA) is 26.3 Å². The molecule has 1 aromatic carbocycles. The number of Topliss-reactive ketones (excluding diaryl/α,β-unsaturated/α-hetero) is 1. The lowest BCUT2D eigenvalue weighted by Crippen LogP contribution is -2.14. The Labute approximate surface area is 64.8 Å². The molecule has 1 aliphatic rings. The number of benzene rings is 1. The van der Waals surface area contributed by atoms with Crippen molar-refractivity contribution in [2.45, 2.75) is 6.42 Å². The Hall–Kier alpha value is -1.31. The van der Waals surface area contributed by atoms with Crippen LogP contribution >= 0.6 is 0 Å². The molecule has 0 aromatic heterocycles. The second-order valence-electron chi connectivity index (χ2n) is 2.44. The van der Waals surface area contributed by atoms with Gasteiger partial charge in [0.05, 0.1) is 12.2 Å². The molecular formula is C9H7O2. The SMILES string of the molecule is O=C1CCOc2c[c]ccc21. The van der Waals surface area contributed by atoms with E-state index < -0.39 is 0 Å². The van der Waals surface area contributed by atoms with Crippen LogP contribution in [0.1, 0.15) is 16.8 Å². The van der Waals surface area contributed by atoms with Crippen LogP contribution in [0, 0.1) is 6.07 Å². The Bertz CT molecular complexity index is 291. The fourth-order valence-corrected chi connectivity index (χ4v) is 1.15. The van der Waals surface area contributed by atoms with Gasteiger partial charge in [0.2, 0.25) is 0 Å². The fourth-order valence-electron chi connectivity index (χ4n) is 1.15. The van der Waals surface area contributed by atoms with Crippen molar-refractivity contribution in [3.8, 4) is 5.75 Å². The zero-order chi connectivity index (χ0) is 7.68. The minimum atomic E-state index is 0.167. The van der Waals surface area contributed by atoms with E-state index in [2.05, 4.69) is 6.07 Å². The molecule has 2 heteroatoms. The lowest BCUT2D eigenvalue weighted by Gasteiger charge is -2.14. The highest BCUT2D eigenvalue weighted by molar-refractivity contribution is 5.99. The number of hydrogen-bond donors (Lipinski definition) is 0. The first kappa shape index (κ1) is 6.40. The molecule has 1 heterocycles. The maximum absolute atomic E-state index is 11.2. The first-order valence-electron chi connectivity index (χ1n) is 3.54. The molecule has 11 heavy (non-hydrogen) atoms. The summed E-state index contributed by atoms with van der Waals surface area (Å²) >= 11 is 0. The minimum Gasteiger partial charge on any atom is -0.492 e. The molecule has 1 aliphatic heterocycles. The van der Waals surface area contributed by atoms with E-state index in [-0.39, 0.29) is 5.78 Å². The monoisotopic (exact) mass is 147 g/mol. The van der Waals surface area contributed by atoms with Gasteiger partial charge < -0.3 is 4.74 Å². The zero-order valence-electron chi connectivity index (χ0n) is 5.96. The Kier molecular flexibility index (Phi) is 1.39. The van der Waals surface area contributed by atoms with Crippen LogP contribution in [-0.2, 0) is 0 Å². The van der Waals surface area contributed by atoms with Crippen molar-refractivity contribution >= 4 is 5.78 Å². The lowest BCUT2D eigenvalue weighted by molar-refractivity contribution is 0.0933. The highest BCUT2D eigenvalue weighted by Crippen LogP contribution is 2.22. The van der Waals surface area contributed by atoms with Crippen molar-refractivity contribution in [3.63, 3.8) is 0 Å². The van der Waals surface area contributed by atoms with Gasteiger partial charge in [-0.1, -0.05) is 6.07 Å². The molecule has 2 rings (SSSR count). The summed E-state index contributed by atoms with van der Waals surface area (Å²) in [4.78, 5) is 11.2. The van der Waals surface area contributed by atoms with E-state index in [0.29, 0.717) is 24.3 Å². The standard InChI is InChI=1S/C9H7O2/c10-8-5-6-11-9-4-2-1-3-7(8)9/h1,3-4H,5-6H2. The van der Waals surface area contributed by atoms with Crippen LogP contribution in [0.5, 0.6) is 5.75 Å². The second-order valence-corrected chi connectivity index (χ2v) is 2.44. The van der Waals surface area contributed by atoms with Crippen LogP contribution in [0.25, 0.3) is 0 Å². The summed E-state index contributed by atoms with van der Waals surface area (Å²) in [6.07, 6.45) is 0.497. The predicted molar refractivity (Wildman–Crippen MR) is 39.7 cm³/mol. The predicted octanol–water partition coefficient (Wildman–Crippen LogP) is 1.45.